The predicted octanol–water partition coefficient (Wildman–Crippen LogP) is 3.74. The fourth-order valence-corrected chi connectivity index (χ4v) is 2.56. The second kappa shape index (κ2) is 8.60. The summed E-state index contributed by atoms with van der Waals surface area (Å²) >= 11 is 1.95. The van der Waals surface area contributed by atoms with Crippen molar-refractivity contribution < 1.29 is 4.48 Å². The Balaban J connectivity index is 3.26. The van der Waals surface area contributed by atoms with E-state index in [9.17, 15) is 0 Å². The largest absolute Gasteiger partial charge is 0.320 e. The van der Waals surface area contributed by atoms with Gasteiger partial charge in [0, 0.05) is 0 Å². The van der Waals surface area contributed by atoms with Gasteiger partial charge < -0.3 is 4.48 Å². The van der Waals surface area contributed by atoms with Gasteiger partial charge in [0.15, 0.2) is 0 Å². The van der Waals surface area contributed by atoms with Gasteiger partial charge in [-0.2, -0.15) is 0 Å². The van der Waals surface area contributed by atoms with Crippen molar-refractivity contribution in [3.63, 3.8) is 0 Å². The molecule has 0 aromatic carbocycles. The lowest BCUT2D eigenvalue weighted by molar-refractivity contribution is -0.877. The number of unbranched alkanes of at least 4 members (excludes halogenated alkanes) is 5. The molecule has 0 atom stereocenters. The summed E-state index contributed by atoms with van der Waals surface area (Å²) < 4.78 is 1.18. The van der Waals surface area contributed by atoms with Crippen LogP contribution in [0.2, 0.25) is 0 Å². The zero-order chi connectivity index (χ0) is 10.9. The molecule has 0 aliphatic heterocycles. The summed E-state index contributed by atoms with van der Waals surface area (Å²) in [5.74, 6) is 1.25. The van der Waals surface area contributed by atoms with Crippen molar-refractivity contribution in [2.45, 2.75) is 45.4 Å². The minimum atomic E-state index is 1.18. The van der Waals surface area contributed by atoms with Crippen LogP contribution in [0.1, 0.15) is 45.4 Å². The van der Waals surface area contributed by atoms with Crippen molar-refractivity contribution >= 4 is 11.8 Å². The standard InChI is InChI=1S/C12H28NS/c1-5-6-7-8-9-10-11-13(2,3)12-14-4/h5-12H2,1-4H3/q+1. The van der Waals surface area contributed by atoms with Gasteiger partial charge in [-0.25, -0.2) is 0 Å². The second-order valence-electron chi connectivity index (χ2n) is 4.84. The molecule has 0 aliphatic carbocycles. The average Bonchev–Trinajstić information content (AvgIpc) is 2.11. The summed E-state index contributed by atoms with van der Waals surface area (Å²) in [5.41, 5.74) is 0. The van der Waals surface area contributed by atoms with E-state index >= 15 is 0 Å². The van der Waals surface area contributed by atoms with Gasteiger partial charge >= 0.3 is 0 Å². The highest BCUT2D eigenvalue weighted by molar-refractivity contribution is 7.98. The molecule has 86 valence electrons. The molecule has 2 heteroatoms. The molecule has 0 rings (SSSR count). The molecule has 0 bridgehead atoms. The smallest absolute Gasteiger partial charge is 0.125 e. The minimum Gasteiger partial charge on any atom is -0.320 e. The van der Waals surface area contributed by atoms with Gasteiger partial charge in [-0.3, -0.25) is 0 Å². The van der Waals surface area contributed by atoms with Gasteiger partial charge in [0.2, 0.25) is 0 Å². The molecule has 0 fully saturated rings. The second-order valence-corrected chi connectivity index (χ2v) is 5.68. The fraction of sp³-hybridized carbons (Fsp3) is 1.00. The van der Waals surface area contributed by atoms with Crippen molar-refractivity contribution in [1.82, 2.24) is 0 Å². The number of hydrogen-bond acceptors (Lipinski definition) is 1. The van der Waals surface area contributed by atoms with Crippen LogP contribution in [-0.4, -0.2) is 37.3 Å². The fourth-order valence-electron chi connectivity index (χ4n) is 1.73. The minimum absolute atomic E-state index is 1.18. The van der Waals surface area contributed by atoms with E-state index in [2.05, 4.69) is 27.3 Å². The Labute approximate surface area is 94.8 Å². The summed E-state index contributed by atoms with van der Waals surface area (Å²) in [6.45, 7) is 3.62. The Morgan fingerprint density at radius 2 is 1.50 bits per heavy atom. The zero-order valence-electron chi connectivity index (χ0n) is 10.5. The first kappa shape index (κ1) is 14.3. The van der Waals surface area contributed by atoms with Crippen molar-refractivity contribution in [2.75, 3.05) is 32.8 Å². The third kappa shape index (κ3) is 8.89. The van der Waals surface area contributed by atoms with Crippen LogP contribution >= 0.6 is 11.8 Å². The zero-order valence-corrected chi connectivity index (χ0v) is 11.3. The molecule has 1 nitrogen and oxygen atoms in total. The molecule has 0 aromatic heterocycles. The molecule has 0 unspecified atom stereocenters. The molecule has 0 heterocycles. The monoisotopic (exact) mass is 218 g/mol. The summed E-state index contributed by atoms with van der Waals surface area (Å²) in [7, 11) is 4.67. The molecule has 0 aromatic rings. The quantitative estimate of drug-likeness (QED) is 0.323. The Morgan fingerprint density at radius 3 is 2.07 bits per heavy atom. The first-order valence-corrected chi connectivity index (χ1v) is 7.32. The van der Waals surface area contributed by atoms with Crippen LogP contribution in [0.4, 0.5) is 0 Å². The van der Waals surface area contributed by atoms with Crippen molar-refractivity contribution in [3.05, 3.63) is 0 Å². The maximum atomic E-state index is 2.34. The van der Waals surface area contributed by atoms with Crippen molar-refractivity contribution in [3.8, 4) is 0 Å². The molecule has 0 radical (unpaired) electrons. The van der Waals surface area contributed by atoms with Crippen LogP contribution in [-0.2, 0) is 0 Å². The highest BCUT2D eigenvalue weighted by atomic mass is 32.2. The summed E-state index contributed by atoms with van der Waals surface area (Å²) in [5, 5.41) is 0. The lowest BCUT2D eigenvalue weighted by Crippen LogP contribution is -2.39. The van der Waals surface area contributed by atoms with E-state index in [0.717, 1.165) is 0 Å². The van der Waals surface area contributed by atoms with Gasteiger partial charge in [-0.1, -0.05) is 32.6 Å². The number of thioether (sulfide) groups is 1. The Hall–Kier alpha value is 0.310. The molecule has 0 saturated heterocycles. The van der Waals surface area contributed by atoms with E-state index in [-0.39, 0.29) is 0 Å². The summed E-state index contributed by atoms with van der Waals surface area (Å²) in [6, 6.07) is 0. The van der Waals surface area contributed by atoms with Crippen molar-refractivity contribution in [1.29, 1.82) is 0 Å². The Kier molecular flexibility index (Phi) is 8.80. The molecule has 0 spiro atoms. The van der Waals surface area contributed by atoms with E-state index in [1.807, 2.05) is 11.8 Å². The topological polar surface area (TPSA) is 0 Å². The Bertz CT molecular complexity index is 123. The molecule has 14 heavy (non-hydrogen) atoms. The number of hydrogen-bond donors (Lipinski definition) is 0. The number of nitrogens with zero attached hydrogens (tertiary/aromatic N) is 1. The maximum Gasteiger partial charge on any atom is 0.125 e. The third-order valence-electron chi connectivity index (χ3n) is 2.60. The lowest BCUT2D eigenvalue weighted by Gasteiger charge is -2.28. The van der Waals surface area contributed by atoms with Gasteiger partial charge in [0.1, 0.15) is 5.88 Å². The molecular weight excluding hydrogens is 190 g/mol. The van der Waals surface area contributed by atoms with Crippen LogP contribution in [0.5, 0.6) is 0 Å². The van der Waals surface area contributed by atoms with Gasteiger partial charge in [-0.15, -0.1) is 11.8 Å². The molecule has 0 amide bonds. The normalized spacial score (nSPS) is 12.0. The number of quaternary nitrogens is 1. The van der Waals surface area contributed by atoms with Crippen LogP contribution in [0.15, 0.2) is 0 Å². The summed E-state index contributed by atoms with van der Waals surface area (Å²) in [6.07, 6.45) is 10.7. The van der Waals surface area contributed by atoms with Gasteiger partial charge in [-0.05, 0) is 19.1 Å². The molecule has 0 N–H and O–H groups in total. The van der Waals surface area contributed by atoms with Crippen LogP contribution in [0, 0.1) is 0 Å². The lowest BCUT2D eigenvalue weighted by atomic mass is 10.1. The molecule has 0 aliphatic rings. The van der Waals surface area contributed by atoms with Crippen LogP contribution in [0.3, 0.4) is 0 Å². The Morgan fingerprint density at radius 1 is 0.929 bits per heavy atom. The first-order chi connectivity index (χ1) is 6.62. The van der Waals surface area contributed by atoms with E-state index in [1.54, 1.807) is 0 Å². The highest BCUT2D eigenvalue weighted by Gasteiger charge is 2.12. The van der Waals surface area contributed by atoms with E-state index in [4.69, 9.17) is 0 Å². The summed E-state index contributed by atoms with van der Waals surface area (Å²) in [4.78, 5) is 0. The molecular formula is C12H28NS+. The number of rotatable bonds is 9. The maximum absolute atomic E-state index is 2.34. The first-order valence-electron chi connectivity index (χ1n) is 5.93. The predicted molar refractivity (Wildman–Crippen MR) is 68.7 cm³/mol. The average molecular weight is 218 g/mol. The highest BCUT2D eigenvalue weighted by Crippen LogP contribution is 2.10. The van der Waals surface area contributed by atoms with Crippen LogP contribution < -0.4 is 0 Å². The van der Waals surface area contributed by atoms with Gasteiger partial charge in [0.25, 0.3) is 0 Å². The van der Waals surface area contributed by atoms with E-state index in [0.29, 0.717) is 0 Å². The third-order valence-corrected chi connectivity index (χ3v) is 3.55. The van der Waals surface area contributed by atoms with E-state index in [1.165, 1.54) is 55.4 Å². The van der Waals surface area contributed by atoms with E-state index < -0.39 is 0 Å². The van der Waals surface area contributed by atoms with Crippen LogP contribution in [0.25, 0.3) is 0 Å². The SMILES string of the molecule is CCCCCCCC[N+](C)(C)CSC. The molecule has 0 saturated carbocycles. The van der Waals surface area contributed by atoms with Crippen molar-refractivity contribution in [2.24, 2.45) is 0 Å². The van der Waals surface area contributed by atoms with Gasteiger partial charge in [0.05, 0.1) is 20.6 Å².